The second-order valence-electron chi connectivity index (χ2n) is 5.45. The molecule has 2 aromatic rings. The van der Waals surface area contributed by atoms with E-state index in [-0.39, 0.29) is 6.04 Å². The number of nitrogens with zero attached hydrogens (tertiary/aromatic N) is 3. The standard InChI is InChI=1S/C15H14F4N4O2/c16-10-7-13(25-14(18)19)11(17)6-12(10)21-15(24)22-5-2-9(8-22)23-4-1-3-20-23/h1,3-4,6-7,9,14H,2,5,8H2,(H,21,24). The molecule has 1 N–H and O–H groups in total. The van der Waals surface area contributed by atoms with Gasteiger partial charge in [0.05, 0.1) is 11.7 Å². The van der Waals surface area contributed by atoms with E-state index in [4.69, 9.17) is 0 Å². The number of amides is 2. The number of rotatable bonds is 4. The van der Waals surface area contributed by atoms with Gasteiger partial charge >= 0.3 is 12.6 Å². The van der Waals surface area contributed by atoms with Gasteiger partial charge in [-0.05, 0) is 12.5 Å². The molecule has 2 amide bonds. The molecule has 3 rings (SSSR count). The lowest BCUT2D eigenvalue weighted by atomic mass is 10.2. The Bertz CT molecular complexity index is 754. The molecule has 0 bridgehead atoms. The lowest BCUT2D eigenvalue weighted by molar-refractivity contribution is -0.0523. The molecule has 1 aromatic heterocycles. The van der Waals surface area contributed by atoms with Gasteiger partial charge in [0.15, 0.2) is 17.4 Å². The van der Waals surface area contributed by atoms with Gasteiger partial charge < -0.3 is 15.0 Å². The van der Waals surface area contributed by atoms with E-state index in [9.17, 15) is 22.4 Å². The number of halogens is 4. The van der Waals surface area contributed by atoms with E-state index in [0.29, 0.717) is 31.6 Å². The molecule has 1 aliphatic rings. The minimum absolute atomic E-state index is 0.00384. The zero-order valence-electron chi connectivity index (χ0n) is 12.8. The van der Waals surface area contributed by atoms with Gasteiger partial charge in [0.1, 0.15) is 0 Å². The van der Waals surface area contributed by atoms with Crippen molar-refractivity contribution in [2.45, 2.75) is 19.1 Å². The maximum atomic E-state index is 13.9. The summed E-state index contributed by atoms with van der Waals surface area (Å²) in [4.78, 5) is 13.6. The molecule has 0 aliphatic carbocycles. The first-order valence-electron chi connectivity index (χ1n) is 7.43. The second kappa shape index (κ2) is 6.99. The molecule has 2 heterocycles. The summed E-state index contributed by atoms with van der Waals surface area (Å²) in [5.41, 5.74) is -0.452. The number of carbonyl (C=O) groups excluding carboxylic acids is 1. The molecule has 0 radical (unpaired) electrons. The molecule has 134 valence electrons. The predicted octanol–water partition coefficient (Wildman–Crippen LogP) is 3.24. The Morgan fingerprint density at radius 2 is 2.12 bits per heavy atom. The van der Waals surface area contributed by atoms with Gasteiger partial charge in [0.25, 0.3) is 0 Å². The summed E-state index contributed by atoms with van der Waals surface area (Å²) in [5, 5.41) is 6.35. The third kappa shape index (κ3) is 3.83. The summed E-state index contributed by atoms with van der Waals surface area (Å²) in [6.45, 7) is -2.49. The normalized spacial score (nSPS) is 17.2. The zero-order chi connectivity index (χ0) is 18.0. The van der Waals surface area contributed by atoms with Crippen molar-refractivity contribution in [3.63, 3.8) is 0 Å². The lowest BCUT2D eigenvalue weighted by Crippen LogP contribution is -2.33. The molecule has 1 aliphatic heterocycles. The van der Waals surface area contributed by atoms with Gasteiger partial charge in [0.2, 0.25) is 0 Å². The topological polar surface area (TPSA) is 59.4 Å². The number of likely N-dealkylation sites (tertiary alicyclic amines) is 1. The molecule has 25 heavy (non-hydrogen) atoms. The fourth-order valence-electron chi connectivity index (χ4n) is 2.64. The molecular formula is C15H14F4N4O2. The van der Waals surface area contributed by atoms with Crippen LogP contribution in [-0.2, 0) is 0 Å². The van der Waals surface area contributed by atoms with Gasteiger partial charge in [-0.3, -0.25) is 4.68 Å². The van der Waals surface area contributed by atoms with Crippen molar-refractivity contribution < 1.29 is 27.1 Å². The Kier molecular flexibility index (Phi) is 4.77. The number of ether oxygens (including phenoxy) is 1. The Morgan fingerprint density at radius 3 is 2.80 bits per heavy atom. The van der Waals surface area contributed by atoms with E-state index in [0.717, 1.165) is 0 Å². The fourth-order valence-corrected chi connectivity index (χ4v) is 2.64. The lowest BCUT2D eigenvalue weighted by Gasteiger charge is -2.18. The van der Waals surface area contributed by atoms with Crippen LogP contribution in [0.25, 0.3) is 0 Å². The number of urea groups is 1. The molecule has 1 aromatic carbocycles. The van der Waals surface area contributed by atoms with E-state index >= 15 is 0 Å². The molecule has 6 nitrogen and oxygen atoms in total. The number of anilines is 1. The van der Waals surface area contributed by atoms with E-state index in [1.807, 2.05) is 0 Å². The number of benzene rings is 1. The minimum Gasteiger partial charge on any atom is -0.432 e. The van der Waals surface area contributed by atoms with Crippen molar-refractivity contribution in [3.8, 4) is 5.75 Å². The molecule has 1 unspecified atom stereocenters. The first-order valence-corrected chi connectivity index (χ1v) is 7.43. The van der Waals surface area contributed by atoms with Crippen LogP contribution >= 0.6 is 0 Å². The van der Waals surface area contributed by atoms with Crippen LogP contribution in [0.4, 0.5) is 28.0 Å². The number of alkyl halides is 2. The van der Waals surface area contributed by atoms with Crippen molar-refractivity contribution in [1.82, 2.24) is 14.7 Å². The van der Waals surface area contributed by atoms with Gasteiger partial charge in [-0.15, -0.1) is 0 Å². The Hall–Kier alpha value is -2.78. The predicted molar refractivity (Wildman–Crippen MR) is 79.5 cm³/mol. The third-order valence-corrected chi connectivity index (χ3v) is 3.83. The molecule has 0 saturated carbocycles. The number of nitrogens with one attached hydrogen (secondary N) is 1. The van der Waals surface area contributed by atoms with Crippen LogP contribution in [0.3, 0.4) is 0 Å². The highest BCUT2D eigenvalue weighted by Gasteiger charge is 2.28. The van der Waals surface area contributed by atoms with Crippen molar-refractivity contribution in [2.75, 3.05) is 18.4 Å². The van der Waals surface area contributed by atoms with Crippen molar-refractivity contribution >= 4 is 11.7 Å². The Labute approximate surface area is 140 Å². The van der Waals surface area contributed by atoms with Crippen LogP contribution in [0.5, 0.6) is 5.75 Å². The minimum atomic E-state index is -3.28. The van der Waals surface area contributed by atoms with Gasteiger partial charge in [-0.1, -0.05) is 0 Å². The number of aromatic nitrogens is 2. The van der Waals surface area contributed by atoms with E-state index < -0.39 is 35.7 Å². The van der Waals surface area contributed by atoms with E-state index in [1.54, 1.807) is 23.1 Å². The molecule has 0 spiro atoms. The Morgan fingerprint density at radius 1 is 1.32 bits per heavy atom. The summed E-state index contributed by atoms with van der Waals surface area (Å²) in [6.07, 6.45) is 4.08. The quantitative estimate of drug-likeness (QED) is 0.854. The molecule has 1 saturated heterocycles. The highest BCUT2D eigenvalue weighted by Crippen LogP contribution is 2.27. The third-order valence-electron chi connectivity index (χ3n) is 3.83. The van der Waals surface area contributed by atoms with Crippen LogP contribution in [0.2, 0.25) is 0 Å². The van der Waals surface area contributed by atoms with Gasteiger partial charge in [-0.25, -0.2) is 13.6 Å². The molecule has 10 heteroatoms. The van der Waals surface area contributed by atoms with Gasteiger partial charge in [0, 0.05) is 37.6 Å². The number of carbonyl (C=O) groups is 1. The number of hydrogen-bond donors (Lipinski definition) is 1. The van der Waals surface area contributed by atoms with Crippen molar-refractivity contribution in [1.29, 1.82) is 0 Å². The highest BCUT2D eigenvalue weighted by atomic mass is 19.3. The van der Waals surface area contributed by atoms with E-state index in [1.165, 1.54) is 4.90 Å². The summed E-state index contributed by atoms with van der Waals surface area (Å²) in [7, 11) is 0. The van der Waals surface area contributed by atoms with Crippen LogP contribution < -0.4 is 10.1 Å². The number of hydrogen-bond acceptors (Lipinski definition) is 3. The first-order chi connectivity index (χ1) is 11.9. The average molecular weight is 358 g/mol. The van der Waals surface area contributed by atoms with Crippen LogP contribution in [0.1, 0.15) is 12.5 Å². The van der Waals surface area contributed by atoms with Crippen LogP contribution in [0.15, 0.2) is 30.6 Å². The Balaban J connectivity index is 1.66. The molecular weight excluding hydrogens is 344 g/mol. The van der Waals surface area contributed by atoms with Crippen LogP contribution in [-0.4, -0.2) is 40.4 Å². The largest absolute Gasteiger partial charge is 0.432 e. The fraction of sp³-hybridized carbons (Fsp3) is 0.333. The molecule has 1 atom stereocenters. The molecule has 1 fully saturated rings. The van der Waals surface area contributed by atoms with E-state index in [2.05, 4.69) is 15.2 Å². The highest BCUT2D eigenvalue weighted by molar-refractivity contribution is 5.89. The van der Waals surface area contributed by atoms with Crippen molar-refractivity contribution in [2.24, 2.45) is 0 Å². The van der Waals surface area contributed by atoms with Crippen LogP contribution in [0, 0.1) is 11.6 Å². The summed E-state index contributed by atoms with van der Waals surface area (Å²) < 4.78 is 57.4. The van der Waals surface area contributed by atoms with Gasteiger partial charge in [-0.2, -0.15) is 13.9 Å². The maximum absolute atomic E-state index is 13.9. The average Bonchev–Trinajstić information content (AvgIpc) is 3.22. The zero-order valence-corrected chi connectivity index (χ0v) is 12.8. The summed E-state index contributed by atoms with van der Waals surface area (Å²) in [6, 6.07) is 2.23. The SMILES string of the molecule is O=C(Nc1cc(F)c(OC(F)F)cc1F)N1CCC(n2cccn2)C1. The second-order valence-corrected chi connectivity index (χ2v) is 5.45. The monoisotopic (exact) mass is 358 g/mol. The summed E-state index contributed by atoms with van der Waals surface area (Å²) >= 11 is 0. The smallest absolute Gasteiger partial charge is 0.387 e. The van der Waals surface area contributed by atoms with Crippen molar-refractivity contribution in [3.05, 3.63) is 42.2 Å². The first kappa shape index (κ1) is 17.1. The summed E-state index contributed by atoms with van der Waals surface area (Å²) in [5.74, 6) is -3.20. The maximum Gasteiger partial charge on any atom is 0.387 e.